The molecule has 1 aliphatic rings. The Balaban J connectivity index is 1.75. The Morgan fingerprint density at radius 1 is 1.04 bits per heavy atom. The van der Waals surface area contributed by atoms with Crippen molar-refractivity contribution >= 4 is 21.6 Å². The maximum Gasteiger partial charge on any atom is 0.255 e. The van der Waals surface area contributed by atoms with Crippen LogP contribution in [0, 0.1) is 6.92 Å². The number of anilines is 1. The summed E-state index contributed by atoms with van der Waals surface area (Å²) in [5, 5.41) is 2.83. The van der Waals surface area contributed by atoms with Gasteiger partial charge in [0, 0.05) is 24.3 Å². The molecule has 1 amide bonds. The molecule has 0 atom stereocenters. The third-order valence-corrected chi connectivity index (χ3v) is 6.03. The SMILES string of the molecule is Cc1ccccc1NC(=O)c1ccc(S(=O)(=O)N2CCOCC2)cc1. The molecule has 0 saturated carbocycles. The lowest BCUT2D eigenvalue weighted by molar-refractivity contribution is 0.0730. The van der Waals surface area contributed by atoms with E-state index in [0.717, 1.165) is 11.3 Å². The van der Waals surface area contributed by atoms with E-state index in [9.17, 15) is 13.2 Å². The first-order chi connectivity index (χ1) is 12.0. The van der Waals surface area contributed by atoms with Crippen LogP contribution in [0.4, 0.5) is 5.69 Å². The van der Waals surface area contributed by atoms with Crippen LogP contribution in [-0.4, -0.2) is 44.9 Å². The van der Waals surface area contributed by atoms with Crippen LogP contribution in [0.25, 0.3) is 0 Å². The fraction of sp³-hybridized carbons (Fsp3) is 0.278. The van der Waals surface area contributed by atoms with E-state index >= 15 is 0 Å². The Labute approximate surface area is 147 Å². The fourth-order valence-corrected chi connectivity index (χ4v) is 4.03. The van der Waals surface area contributed by atoms with Crippen LogP contribution in [0.1, 0.15) is 15.9 Å². The predicted octanol–water partition coefficient (Wildman–Crippen LogP) is 2.27. The summed E-state index contributed by atoms with van der Waals surface area (Å²) in [7, 11) is -3.55. The Kier molecular flexibility index (Phi) is 5.17. The summed E-state index contributed by atoms with van der Waals surface area (Å²) < 4.78 is 31.7. The van der Waals surface area contributed by atoms with Crippen molar-refractivity contribution in [3.63, 3.8) is 0 Å². The van der Waals surface area contributed by atoms with Crippen molar-refractivity contribution in [3.8, 4) is 0 Å². The average Bonchev–Trinajstić information content (AvgIpc) is 2.64. The van der Waals surface area contributed by atoms with Gasteiger partial charge in [0.2, 0.25) is 10.0 Å². The first-order valence-electron chi connectivity index (χ1n) is 8.03. The Morgan fingerprint density at radius 3 is 2.32 bits per heavy atom. The van der Waals surface area contributed by atoms with Gasteiger partial charge in [0.1, 0.15) is 0 Å². The molecule has 3 rings (SSSR count). The third-order valence-electron chi connectivity index (χ3n) is 4.12. The van der Waals surface area contributed by atoms with Crippen LogP contribution in [-0.2, 0) is 14.8 Å². The Bertz CT molecular complexity index is 857. The number of carbonyl (C=O) groups excluding carboxylic acids is 1. The van der Waals surface area contributed by atoms with E-state index in [-0.39, 0.29) is 10.8 Å². The highest BCUT2D eigenvalue weighted by Gasteiger charge is 2.26. The Hall–Kier alpha value is -2.22. The number of carbonyl (C=O) groups is 1. The van der Waals surface area contributed by atoms with E-state index in [2.05, 4.69) is 5.32 Å². The molecule has 0 radical (unpaired) electrons. The summed E-state index contributed by atoms with van der Waals surface area (Å²) in [6, 6.07) is 13.5. The second-order valence-corrected chi connectivity index (χ2v) is 7.75. The minimum atomic E-state index is -3.55. The number of para-hydroxylation sites is 1. The van der Waals surface area contributed by atoms with Crippen molar-refractivity contribution in [3.05, 3.63) is 59.7 Å². The number of morpholine rings is 1. The molecule has 2 aromatic carbocycles. The van der Waals surface area contributed by atoms with Gasteiger partial charge in [-0.15, -0.1) is 0 Å². The molecule has 0 aromatic heterocycles. The molecule has 0 bridgehead atoms. The zero-order valence-corrected chi connectivity index (χ0v) is 14.8. The monoisotopic (exact) mass is 360 g/mol. The molecule has 1 fully saturated rings. The molecule has 25 heavy (non-hydrogen) atoms. The number of rotatable bonds is 4. The minimum Gasteiger partial charge on any atom is -0.379 e. The first-order valence-corrected chi connectivity index (χ1v) is 9.47. The molecule has 1 heterocycles. The van der Waals surface area contributed by atoms with Crippen LogP contribution in [0.2, 0.25) is 0 Å². The summed E-state index contributed by atoms with van der Waals surface area (Å²) in [6.45, 7) is 3.40. The molecular formula is C18H20N2O4S. The highest BCUT2D eigenvalue weighted by Crippen LogP contribution is 2.19. The van der Waals surface area contributed by atoms with Gasteiger partial charge in [-0.1, -0.05) is 18.2 Å². The van der Waals surface area contributed by atoms with E-state index in [1.165, 1.54) is 28.6 Å². The molecule has 2 aromatic rings. The van der Waals surface area contributed by atoms with Crippen LogP contribution in [0.3, 0.4) is 0 Å². The number of nitrogens with one attached hydrogen (secondary N) is 1. The average molecular weight is 360 g/mol. The lowest BCUT2D eigenvalue weighted by atomic mass is 10.1. The van der Waals surface area contributed by atoms with E-state index in [1.807, 2.05) is 31.2 Å². The first kappa shape index (κ1) is 17.6. The van der Waals surface area contributed by atoms with E-state index in [0.29, 0.717) is 31.9 Å². The quantitative estimate of drug-likeness (QED) is 0.907. The van der Waals surface area contributed by atoms with Gasteiger partial charge in [0.25, 0.3) is 5.91 Å². The van der Waals surface area contributed by atoms with Crippen molar-refractivity contribution in [2.75, 3.05) is 31.6 Å². The van der Waals surface area contributed by atoms with Gasteiger partial charge in [-0.25, -0.2) is 8.42 Å². The maximum atomic E-state index is 12.6. The molecule has 1 N–H and O–H groups in total. The topological polar surface area (TPSA) is 75.7 Å². The summed E-state index contributed by atoms with van der Waals surface area (Å²) in [4.78, 5) is 12.5. The van der Waals surface area contributed by atoms with Crippen LogP contribution < -0.4 is 5.32 Å². The van der Waals surface area contributed by atoms with Gasteiger partial charge in [-0.2, -0.15) is 4.31 Å². The van der Waals surface area contributed by atoms with Gasteiger partial charge in [-0.05, 0) is 42.8 Å². The predicted molar refractivity (Wildman–Crippen MR) is 95.2 cm³/mol. The van der Waals surface area contributed by atoms with Crippen LogP contribution >= 0.6 is 0 Å². The van der Waals surface area contributed by atoms with Crippen LogP contribution in [0.5, 0.6) is 0 Å². The maximum absolute atomic E-state index is 12.6. The molecule has 1 saturated heterocycles. The largest absolute Gasteiger partial charge is 0.379 e. The van der Waals surface area contributed by atoms with Crippen LogP contribution in [0.15, 0.2) is 53.4 Å². The summed E-state index contributed by atoms with van der Waals surface area (Å²) in [5.74, 6) is -0.273. The summed E-state index contributed by atoms with van der Waals surface area (Å²) >= 11 is 0. The standard InChI is InChI=1S/C18H20N2O4S/c1-14-4-2-3-5-17(14)19-18(21)15-6-8-16(9-7-15)25(22,23)20-10-12-24-13-11-20/h2-9H,10-13H2,1H3,(H,19,21). The number of benzene rings is 2. The second-order valence-electron chi connectivity index (χ2n) is 5.81. The van der Waals surface area contributed by atoms with Gasteiger partial charge in [-0.3, -0.25) is 4.79 Å². The molecule has 0 unspecified atom stereocenters. The van der Waals surface area contributed by atoms with E-state index < -0.39 is 10.0 Å². The number of sulfonamides is 1. The van der Waals surface area contributed by atoms with E-state index in [4.69, 9.17) is 4.74 Å². The number of ether oxygens (including phenoxy) is 1. The zero-order chi connectivity index (χ0) is 17.9. The molecule has 0 spiro atoms. The van der Waals surface area contributed by atoms with Gasteiger partial charge >= 0.3 is 0 Å². The smallest absolute Gasteiger partial charge is 0.255 e. The molecule has 132 valence electrons. The summed E-state index contributed by atoms with van der Waals surface area (Å²) in [6.07, 6.45) is 0. The highest BCUT2D eigenvalue weighted by atomic mass is 32.2. The second kappa shape index (κ2) is 7.35. The molecular weight excluding hydrogens is 340 g/mol. The molecule has 0 aliphatic carbocycles. The van der Waals surface area contributed by atoms with Gasteiger partial charge < -0.3 is 10.1 Å². The molecule has 6 nitrogen and oxygen atoms in total. The lowest BCUT2D eigenvalue weighted by Gasteiger charge is -2.26. The number of hydrogen-bond donors (Lipinski definition) is 1. The number of hydrogen-bond acceptors (Lipinski definition) is 4. The highest BCUT2D eigenvalue weighted by molar-refractivity contribution is 7.89. The number of aryl methyl sites for hydroxylation is 1. The van der Waals surface area contributed by atoms with Crippen molar-refractivity contribution in [2.24, 2.45) is 0 Å². The van der Waals surface area contributed by atoms with Crippen molar-refractivity contribution in [1.82, 2.24) is 4.31 Å². The van der Waals surface area contributed by atoms with Gasteiger partial charge in [0.05, 0.1) is 18.1 Å². The Morgan fingerprint density at radius 2 is 1.68 bits per heavy atom. The molecule has 1 aliphatic heterocycles. The van der Waals surface area contributed by atoms with Crippen molar-refractivity contribution < 1.29 is 17.9 Å². The summed E-state index contributed by atoms with van der Waals surface area (Å²) in [5.41, 5.74) is 2.10. The lowest BCUT2D eigenvalue weighted by Crippen LogP contribution is -2.40. The van der Waals surface area contributed by atoms with Crippen molar-refractivity contribution in [1.29, 1.82) is 0 Å². The number of nitrogens with zero attached hydrogens (tertiary/aromatic N) is 1. The normalized spacial score (nSPS) is 15.7. The van der Waals surface area contributed by atoms with Crippen molar-refractivity contribution in [2.45, 2.75) is 11.8 Å². The fourth-order valence-electron chi connectivity index (χ4n) is 2.62. The zero-order valence-electron chi connectivity index (χ0n) is 13.9. The number of amides is 1. The van der Waals surface area contributed by atoms with E-state index in [1.54, 1.807) is 0 Å². The third kappa shape index (κ3) is 3.89. The molecule has 7 heteroatoms. The minimum absolute atomic E-state index is 0.182. The van der Waals surface area contributed by atoms with Gasteiger partial charge in [0.15, 0.2) is 0 Å².